The molecule has 6 nitrogen and oxygen atoms in total. The van der Waals surface area contributed by atoms with Crippen LogP contribution in [0.2, 0.25) is 0 Å². The van der Waals surface area contributed by atoms with Gasteiger partial charge in [0.2, 0.25) is 0 Å². The third kappa shape index (κ3) is 4.14. The van der Waals surface area contributed by atoms with Gasteiger partial charge in [0, 0.05) is 32.8 Å². The number of piperidine rings is 1. The first-order chi connectivity index (χ1) is 9.45. The monoisotopic (exact) mass is 305 g/mol. The molecule has 2 heterocycles. The smallest absolute Gasteiger partial charge is 0.279 e. The normalized spacial score (nSPS) is 28.4. The summed E-state index contributed by atoms with van der Waals surface area (Å²) in [5.41, 5.74) is 5.67. The maximum absolute atomic E-state index is 12.4. The highest BCUT2D eigenvalue weighted by atomic mass is 32.2. The van der Waals surface area contributed by atoms with Crippen LogP contribution in [0.4, 0.5) is 0 Å². The van der Waals surface area contributed by atoms with Crippen LogP contribution < -0.4 is 10.5 Å². The summed E-state index contributed by atoms with van der Waals surface area (Å²) in [7, 11) is -3.38. The van der Waals surface area contributed by atoms with Gasteiger partial charge in [0.05, 0.1) is 0 Å². The van der Waals surface area contributed by atoms with Crippen LogP contribution in [0, 0.1) is 11.3 Å². The van der Waals surface area contributed by atoms with Crippen molar-refractivity contribution in [2.75, 3.05) is 39.4 Å². The van der Waals surface area contributed by atoms with Gasteiger partial charge in [0.1, 0.15) is 0 Å². The molecular formula is C13H27N3O3S. The van der Waals surface area contributed by atoms with Gasteiger partial charge in [0.15, 0.2) is 0 Å². The quantitative estimate of drug-likeness (QED) is 0.765. The number of hydrogen-bond acceptors (Lipinski definition) is 4. The number of nitrogens with two attached hydrogens (primary N) is 1. The number of hydrogen-bond donors (Lipinski definition) is 2. The number of nitrogens with one attached hydrogen (secondary N) is 1. The minimum atomic E-state index is -3.38. The Bertz CT molecular complexity index is 407. The highest BCUT2D eigenvalue weighted by molar-refractivity contribution is 7.87. The van der Waals surface area contributed by atoms with Crippen LogP contribution in [0.25, 0.3) is 0 Å². The molecule has 2 rings (SSSR count). The fourth-order valence-corrected chi connectivity index (χ4v) is 4.33. The lowest BCUT2D eigenvalue weighted by Gasteiger charge is -2.36. The zero-order valence-electron chi connectivity index (χ0n) is 12.3. The molecule has 20 heavy (non-hydrogen) atoms. The number of rotatable bonds is 5. The molecule has 0 spiro atoms. The molecule has 0 amide bonds. The average molecular weight is 305 g/mol. The predicted molar refractivity (Wildman–Crippen MR) is 78.4 cm³/mol. The molecule has 2 aliphatic rings. The maximum atomic E-state index is 12.4. The van der Waals surface area contributed by atoms with Gasteiger partial charge in [-0.25, -0.2) is 4.72 Å². The van der Waals surface area contributed by atoms with Crippen molar-refractivity contribution in [3.63, 3.8) is 0 Å². The van der Waals surface area contributed by atoms with Gasteiger partial charge in [-0.15, -0.1) is 0 Å². The largest absolute Gasteiger partial charge is 0.381 e. The molecule has 0 aromatic rings. The van der Waals surface area contributed by atoms with Crippen molar-refractivity contribution in [1.29, 1.82) is 0 Å². The summed E-state index contributed by atoms with van der Waals surface area (Å²) in [5.74, 6) is 0.291. The Morgan fingerprint density at radius 2 is 2.10 bits per heavy atom. The van der Waals surface area contributed by atoms with E-state index in [0.29, 0.717) is 32.1 Å². The first-order valence-corrected chi connectivity index (χ1v) is 8.92. The van der Waals surface area contributed by atoms with Crippen molar-refractivity contribution >= 4 is 10.2 Å². The second-order valence-electron chi connectivity index (χ2n) is 6.35. The van der Waals surface area contributed by atoms with Crippen molar-refractivity contribution in [2.24, 2.45) is 17.1 Å². The van der Waals surface area contributed by atoms with E-state index < -0.39 is 10.2 Å². The molecule has 0 saturated carbocycles. The summed E-state index contributed by atoms with van der Waals surface area (Å²) >= 11 is 0. The van der Waals surface area contributed by atoms with Crippen LogP contribution in [0.3, 0.4) is 0 Å². The van der Waals surface area contributed by atoms with Crippen molar-refractivity contribution in [2.45, 2.75) is 32.6 Å². The summed E-state index contributed by atoms with van der Waals surface area (Å²) in [6, 6.07) is 0. The molecule has 0 aliphatic carbocycles. The molecule has 0 aromatic carbocycles. The minimum absolute atomic E-state index is 0.00831. The Hall–Kier alpha value is -0.210. The van der Waals surface area contributed by atoms with E-state index >= 15 is 0 Å². The summed E-state index contributed by atoms with van der Waals surface area (Å²) in [6.45, 7) is 5.76. The van der Waals surface area contributed by atoms with E-state index in [1.807, 2.05) is 0 Å². The molecule has 0 radical (unpaired) electrons. The fourth-order valence-electron chi connectivity index (χ4n) is 2.84. The van der Waals surface area contributed by atoms with E-state index in [4.69, 9.17) is 10.5 Å². The lowest BCUT2D eigenvalue weighted by atomic mass is 9.83. The van der Waals surface area contributed by atoms with Crippen molar-refractivity contribution < 1.29 is 13.2 Å². The van der Waals surface area contributed by atoms with E-state index in [2.05, 4.69) is 11.6 Å². The van der Waals surface area contributed by atoms with Crippen LogP contribution in [0.15, 0.2) is 0 Å². The molecule has 2 aliphatic heterocycles. The van der Waals surface area contributed by atoms with Crippen LogP contribution in [-0.4, -0.2) is 52.1 Å². The van der Waals surface area contributed by atoms with Crippen LogP contribution >= 0.6 is 0 Å². The highest BCUT2D eigenvalue weighted by Gasteiger charge is 2.32. The molecule has 0 bridgehead atoms. The highest BCUT2D eigenvalue weighted by Crippen LogP contribution is 2.29. The van der Waals surface area contributed by atoms with Crippen LogP contribution in [0.1, 0.15) is 32.6 Å². The molecule has 2 saturated heterocycles. The second-order valence-corrected chi connectivity index (χ2v) is 8.11. The summed E-state index contributed by atoms with van der Waals surface area (Å²) in [6.07, 6.45) is 3.73. The van der Waals surface area contributed by atoms with Crippen molar-refractivity contribution in [3.8, 4) is 0 Å². The molecule has 7 heteroatoms. The van der Waals surface area contributed by atoms with Gasteiger partial charge in [-0.3, -0.25) is 0 Å². The van der Waals surface area contributed by atoms with Crippen molar-refractivity contribution in [3.05, 3.63) is 0 Å². The summed E-state index contributed by atoms with van der Waals surface area (Å²) in [5, 5.41) is 0. The second kappa shape index (κ2) is 6.70. The molecular weight excluding hydrogens is 278 g/mol. The molecule has 118 valence electrons. The van der Waals surface area contributed by atoms with E-state index in [0.717, 1.165) is 38.9 Å². The Kier molecular flexibility index (Phi) is 5.42. The van der Waals surface area contributed by atoms with Crippen molar-refractivity contribution in [1.82, 2.24) is 9.03 Å². The van der Waals surface area contributed by atoms with Gasteiger partial charge in [-0.1, -0.05) is 6.92 Å². The lowest BCUT2D eigenvalue weighted by molar-refractivity contribution is 0.0262. The Labute approximate surface area is 122 Å². The Morgan fingerprint density at radius 3 is 2.75 bits per heavy atom. The molecule has 1 unspecified atom stereocenters. The molecule has 3 N–H and O–H groups in total. The fraction of sp³-hybridized carbons (Fsp3) is 1.00. The third-order valence-corrected chi connectivity index (χ3v) is 6.06. The Balaban J connectivity index is 1.90. The molecule has 2 fully saturated rings. The first kappa shape index (κ1) is 16.2. The Morgan fingerprint density at radius 1 is 1.40 bits per heavy atom. The van der Waals surface area contributed by atoms with Gasteiger partial charge in [-0.2, -0.15) is 12.7 Å². The number of ether oxygens (including phenoxy) is 1. The van der Waals surface area contributed by atoms with E-state index in [1.165, 1.54) is 0 Å². The van der Waals surface area contributed by atoms with Crippen LogP contribution in [0.5, 0.6) is 0 Å². The topological polar surface area (TPSA) is 84.7 Å². The standard InChI is InChI=1S/C13H27N3O3S/c1-13(4-7-19-8-5-13)11-15-20(17,18)16-6-2-3-12(9-14)10-16/h12,15H,2-11,14H2,1H3. The van der Waals surface area contributed by atoms with Gasteiger partial charge in [0.25, 0.3) is 10.2 Å². The molecule has 0 aromatic heterocycles. The van der Waals surface area contributed by atoms with Crippen LogP contribution in [-0.2, 0) is 14.9 Å². The third-order valence-electron chi connectivity index (χ3n) is 4.54. The SMILES string of the molecule is CC1(CNS(=O)(=O)N2CCCC(CN)C2)CCOCC1. The van der Waals surface area contributed by atoms with Gasteiger partial charge < -0.3 is 10.5 Å². The summed E-state index contributed by atoms with van der Waals surface area (Å²) < 4.78 is 34.4. The average Bonchev–Trinajstić information content (AvgIpc) is 2.46. The molecule has 1 atom stereocenters. The zero-order valence-corrected chi connectivity index (χ0v) is 13.1. The van der Waals surface area contributed by atoms with E-state index in [1.54, 1.807) is 4.31 Å². The van der Waals surface area contributed by atoms with Gasteiger partial charge in [-0.05, 0) is 43.6 Å². The number of nitrogens with zero attached hydrogens (tertiary/aromatic N) is 1. The lowest BCUT2D eigenvalue weighted by Crippen LogP contribution is -2.49. The zero-order chi connectivity index (χ0) is 14.6. The maximum Gasteiger partial charge on any atom is 0.279 e. The van der Waals surface area contributed by atoms with E-state index in [-0.39, 0.29) is 5.41 Å². The summed E-state index contributed by atoms with van der Waals surface area (Å²) in [4.78, 5) is 0. The first-order valence-electron chi connectivity index (χ1n) is 7.48. The predicted octanol–water partition coefficient (Wildman–Crippen LogP) is 0.308. The van der Waals surface area contributed by atoms with E-state index in [9.17, 15) is 8.42 Å². The van der Waals surface area contributed by atoms with Gasteiger partial charge >= 0.3 is 0 Å². The minimum Gasteiger partial charge on any atom is -0.381 e.